The monoisotopic (exact) mass is 326 g/mol. The molecule has 0 saturated carbocycles. The second kappa shape index (κ2) is 8.15. The Morgan fingerprint density at radius 3 is 2.58 bits per heavy atom. The second-order valence-electron chi connectivity index (χ2n) is 6.43. The molecule has 1 unspecified atom stereocenters. The van der Waals surface area contributed by atoms with Crippen LogP contribution in [0.2, 0.25) is 0 Å². The van der Waals surface area contributed by atoms with Crippen molar-refractivity contribution < 1.29 is 9.21 Å². The lowest BCUT2D eigenvalue weighted by atomic mass is 9.93. The summed E-state index contributed by atoms with van der Waals surface area (Å²) in [5, 5.41) is 3.53. The molecule has 24 heavy (non-hydrogen) atoms. The van der Waals surface area contributed by atoms with E-state index in [4.69, 9.17) is 4.42 Å². The number of nitrogens with one attached hydrogen (secondary N) is 1. The molecule has 0 spiro atoms. The van der Waals surface area contributed by atoms with Crippen molar-refractivity contribution in [3.8, 4) is 0 Å². The number of hydrogen-bond acceptors (Lipinski definition) is 3. The van der Waals surface area contributed by atoms with Crippen LogP contribution in [0.4, 0.5) is 0 Å². The Kier molecular flexibility index (Phi) is 5.70. The molecule has 1 aliphatic heterocycles. The van der Waals surface area contributed by atoms with Gasteiger partial charge in [-0.1, -0.05) is 37.3 Å². The minimum atomic E-state index is -0.0150. The number of carbonyl (C=O) groups is 1. The van der Waals surface area contributed by atoms with Crippen molar-refractivity contribution >= 4 is 5.91 Å². The molecule has 2 heterocycles. The summed E-state index contributed by atoms with van der Waals surface area (Å²) in [4.78, 5) is 14.9. The third-order valence-electron chi connectivity index (χ3n) is 4.86. The van der Waals surface area contributed by atoms with E-state index >= 15 is 0 Å². The van der Waals surface area contributed by atoms with Crippen molar-refractivity contribution in [2.45, 2.75) is 44.7 Å². The highest BCUT2D eigenvalue weighted by Gasteiger charge is 2.28. The highest BCUT2D eigenvalue weighted by molar-refractivity contribution is 5.83. The molecular formula is C20H26N2O2. The number of amides is 1. The van der Waals surface area contributed by atoms with Crippen molar-refractivity contribution in [2.24, 2.45) is 0 Å². The molecular weight excluding hydrogens is 300 g/mol. The van der Waals surface area contributed by atoms with Crippen LogP contribution < -0.4 is 5.32 Å². The van der Waals surface area contributed by atoms with Crippen molar-refractivity contribution in [1.82, 2.24) is 10.2 Å². The van der Waals surface area contributed by atoms with Gasteiger partial charge in [-0.3, -0.25) is 4.79 Å². The Labute approximate surface area is 143 Å². The normalized spacial score (nSPS) is 17.0. The van der Waals surface area contributed by atoms with Crippen LogP contribution in [0.5, 0.6) is 0 Å². The van der Waals surface area contributed by atoms with E-state index in [0.29, 0.717) is 6.04 Å². The standard InChI is InChI=1S/C20H26N2O2/c1-2-19(16-7-4-3-5-8-16)20(23)22-12-10-17(11-13-22)21-15-18-9-6-14-24-18/h3-9,14,17,19,21H,2,10-13,15H2,1H3. The first-order chi connectivity index (χ1) is 11.8. The molecule has 1 aromatic heterocycles. The average molecular weight is 326 g/mol. The molecule has 1 atom stereocenters. The van der Waals surface area contributed by atoms with Gasteiger partial charge >= 0.3 is 0 Å². The van der Waals surface area contributed by atoms with Crippen molar-refractivity contribution in [3.63, 3.8) is 0 Å². The summed E-state index contributed by atoms with van der Waals surface area (Å²) < 4.78 is 5.35. The van der Waals surface area contributed by atoms with E-state index in [9.17, 15) is 4.79 Å². The quantitative estimate of drug-likeness (QED) is 0.883. The smallest absolute Gasteiger partial charge is 0.230 e. The highest BCUT2D eigenvalue weighted by atomic mass is 16.3. The molecule has 0 bridgehead atoms. The van der Waals surface area contributed by atoms with Crippen molar-refractivity contribution in [3.05, 3.63) is 60.1 Å². The molecule has 1 saturated heterocycles. The predicted molar refractivity (Wildman–Crippen MR) is 94.6 cm³/mol. The Morgan fingerprint density at radius 1 is 1.21 bits per heavy atom. The zero-order valence-corrected chi connectivity index (χ0v) is 14.3. The zero-order chi connectivity index (χ0) is 16.8. The first-order valence-electron chi connectivity index (χ1n) is 8.87. The van der Waals surface area contributed by atoms with E-state index in [0.717, 1.165) is 50.2 Å². The van der Waals surface area contributed by atoms with Crippen LogP contribution in [0.25, 0.3) is 0 Å². The Balaban J connectivity index is 1.51. The van der Waals surface area contributed by atoms with Gasteiger partial charge in [-0.05, 0) is 37.0 Å². The zero-order valence-electron chi connectivity index (χ0n) is 14.3. The molecule has 1 aliphatic rings. The van der Waals surface area contributed by atoms with E-state index in [1.807, 2.05) is 35.2 Å². The van der Waals surface area contributed by atoms with Crippen LogP contribution in [0.15, 0.2) is 53.1 Å². The lowest BCUT2D eigenvalue weighted by molar-refractivity contribution is -0.134. The Hall–Kier alpha value is -2.07. The van der Waals surface area contributed by atoms with Gasteiger partial charge in [-0.2, -0.15) is 0 Å². The molecule has 1 fully saturated rings. The number of carbonyl (C=O) groups excluding carboxylic acids is 1. The molecule has 4 nitrogen and oxygen atoms in total. The van der Waals surface area contributed by atoms with Gasteiger partial charge in [0.1, 0.15) is 5.76 Å². The van der Waals surface area contributed by atoms with Gasteiger partial charge in [0, 0.05) is 19.1 Å². The fourth-order valence-electron chi connectivity index (χ4n) is 3.42. The van der Waals surface area contributed by atoms with Gasteiger partial charge in [0.15, 0.2) is 0 Å². The van der Waals surface area contributed by atoms with E-state index in [2.05, 4.69) is 24.4 Å². The summed E-state index contributed by atoms with van der Waals surface area (Å²) in [5.74, 6) is 1.22. The van der Waals surface area contributed by atoms with E-state index in [-0.39, 0.29) is 11.8 Å². The topological polar surface area (TPSA) is 45.5 Å². The minimum Gasteiger partial charge on any atom is -0.468 e. The first-order valence-corrected chi connectivity index (χ1v) is 8.87. The number of benzene rings is 1. The van der Waals surface area contributed by atoms with Gasteiger partial charge in [0.2, 0.25) is 5.91 Å². The Morgan fingerprint density at radius 2 is 1.96 bits per heavy atom. The number of piperidine rings is 1. The third kappa shape index (κ3) is 4.06. The van der Waals surface area contributed by atoms with Gasteiger partial charge in [-0.15, -0.1) is 0 Å². The molecule has 128 valence electrons. The second-order valence-corrected chi connectivity index (χ2v) is 6.43. The number of likely N-dealkylation sites (tertiary alicyclic amines) is 1. The summed E-state index contributed by atoms with van der Waals surface area (Å²) >= 11 is 0. The van der Waals surface area contributed by atoms with Gasteiger partial charge in [0.05, 0.1) is 18.7 Å². The maximum Gasteiger partial charge on any atom is 0.230 e. The summed E-state index contributed by atoms with van der Waals surface area (Å²) in [6.07, 6.45) is 4.54. The fraction of sp³-hybridized carbons (Fsp3) is 0.450. The first kappa shape index (κ1) is 16.8. The van der Waals surface area contributed by atoms with Crippen LogP contribution in [-0.4, -0.2) is 29.9 Å². The van der Waals surface area contributed by atoms with Gasteiger partial charge in [0.25, 0.3) is 0 Å². The molecule has 1 amide bonds. The lowest BCUT2D eigenvalue weighted by Crippen LogP contribution is -2.46. The number of hydrogen-bond donors (Lipinski definition) is 1. The summed E-state index contributed by atoms with van der Waals surface area (Å²) in [7, 11) is 0. The van der Waals surface area contributed by atoms with Crippen LogP contribution in [-0.2, 0) is 11.3 Å². The minimum absolute atomic E-state index is 0.0150. The molecule has 2 aromatic rings. The lowest BCUT2D eigenvalue weighted by Gasteiger charge is -2.34. The summed E-state index contributed by atoms with van der Waals surface area (Å²) in [5.41, 5.74) is 1.13. The summed E-state index contributed by atoms with van der Waals surface area (Å²) in [6, 6.07) is 14.5. The van der Waals surface area contributed by atoms with Gasteiger partial charge in [-0.25, -0.2) is 0 Å². The molecule has 0 radical (unpaired) electrons. The summed E-state index contributed by atoms with van der Waals surface area (Å²) in [6.45, 7) is 4.51. The fourth-order valence-corrected chi connectivity index (χ4v) is 3.42. The van der Waals surface area contributed by atoms with E-state index < -0.39 is 0 Å². The Bertz CT molecular complexity index is 616. The van der Waals surface area contributed by atoms with Crippen LogP contribution in [0.1, 0.15) is 43.4 Å². The molecule has 3 rings (SSSR count). The maximum atomic E-state index is 12.9. The third-order valence-corrected chi connectivity index (χ3v) is 4.86. The van der Waals surface area contributed by atoms with Crippen molar-refractivity contribution in [1.29, 1.82) is 0 Å². The number of nitrogens with zero attached hydrogens (tertiary/aromatic N) is 1. The molecule has 1 aromatic carbocycles. The average Bonchev–Trinajstić information content (AvgIpc) is 3.15. The molecule has 4 heteroatoms. The van der Waals surface area contributed by atoms with Crippen LogP contribution >= 0.6 is 0 Å². The van der Waals surface area contributed by atoms with E-state index in [1.165, 1.54) is 0 Å². The SMILES string of the molecule is CCC(C(=O)N1CCC(NCc2ccco2)CC1)c1ccccc1. The highest BCUT2D eigenvalue weighted by Crippen LogP contribution is 2.24. The number of furan rings is 1. The molecule has 0 aliphatic carbocycles. The van der Waals surface area contributed by atoms with Gasteiger partial charge < -0.3 is 14.6 Å². The largest absolute Gasteiger partial charge is 0.468 e. The predicted octanol–water partition coefficient (Wildman–Crippen LogP) is 3.55. The molecule has 1 N–H and O–H groups in total. The van der Waals surface area contributed by atoms with E-state index in [1.54, 1.807) is 6.26 Å². The number of rotatable bonds is 6. The van der Waals surface area contributed by atoms with Crippen LogP contribution in [0.3, 0.4) is 0 Å². The van der Waals surface area contributed by atoms with Crippen LogP contribution in [0, 0.1) is 0 Å². The van der Waals surface area contributed by atoms with Crippen molar-refractivity contribution in [2.75, 3.05) is 13.1 Å². The maximum absolute atomic E-state index is 12.9.